The van der Waals surface area contributed by atoms with Crippen molar-refractivity contribution in [3.63, 3.8) is 0 Å². The molecule has 2 rings (SSSR count). The summed E-state index contributed by atoms with van der Waals surface area (Å²) in [5, 5.41) is 2.80. The number of amides is 1. The van der Waals surface area contributed by atoms with E-state index >= 15 is 0 Å². The van der Waals surface area contributed by atoms with Crippen molar-refractivity contribution in [3.05, 3.63) is 54.0 Å². The van der Waals surface area contributed by atoms with E-state index in [1.807, 2.05) is 19.2 Å². The first kappa shape index (κ1) is 16.9. The Hall–Kier alpha value is -2.43. The number of benzene rings is 1. The first-order valence-electron chi connectivity index (χ1n) is 7.80. The number of aromatic nitrogens is 1. The molecule has 0 saturated heterocycles. The Kier molecular flexibility index (Phi) is 6.09. The summed E-state index contributed by atoms with van der Waals surface area (Å²) in [6.45, 7) is 3.11. The fourth-order valence-corrected chi connectivity index (χ4v) is 2.19. The number of carbonyl (C=O) groups excluding carboxylic acids is 1. The third kappa shape index (κ3) is 5.36. The number of anilines is 2. The van der Waals surface area contributed by atoms with Crippen molar-refractivity contribution >= 4 is 17.4 Å². The highest BCUT2D eigenvalue weighted by Gasteiger charge is 2.06. The number of unbranched alkanes of at least 4 members (excludes halogenated alkanes) is 1. The third-order valence-electron chi connectivity index (χ3n) is 3.55. The topological polar surface area (TPSA) is 45.2 Å². The van der Waals surface area contributed by atoms with E-state index in [-0.39, 0.29) is 18.1 Å². The van der Waals surface area contributed by atoms with Crippen LogP contribution in [0.15, 0.2) is 42.6 Å². The van der Waals surface area contributed by atoms with Crippen molar-refractivity contribution in [2.24, 2.45) is 0 Å². The van der Waals surface area contributed by atoms with Gasteiger partial charge in [0.1, 0.15) is 11.6 Å². The van der Waals surface area contributed by atoms with Crippen LogP contribution in [0.25, 0.3) is 0 Å². The maximum atomic E-state index is 12.8. The molecule has 2 aromatic rings. The van der Waals surface area contributed by atoms with E-state index in [4.69, 9.17) is 0 Å². The van der Waals surface area contributed by atoms with Gasteiger partial charge in [-0.15, -0.1) is 0 Å². The predicted molar refractivity (Wildman–Crippen MR) is 91.1 cm³/mol. The van der Waals surface area contributed by atoms with Crippen LogP contribution in [0.3, 0.4) is 0 Å². The SMILES string of the molecule is CCCCN(C)c1ccc(NC(=O)Cc2ccc(F)cc2)cn1. The number of rotatable bonds is 7. The Labute approximate surface area is 136 Å². The highest BCUT2D eigenvalue weighted by molar-refractivity contribution is 5.92. The van der Waals surface area contributed by atoms with E-state index in [0.29, 0.717) is 5.69 Å². The molecule has 0 spiro atoms. The number of hydrogen-bond donors (Lipinski definition) is 1. The van der Waals surface area contributed by atoms with Crippen molar-refractivity contribution in [3.8, 4) is 0 Å². The number of pyridine rings is 1. The molecular formula is C18H22FN3O. The molecular weight excluding hydrogens is 293 g/mol. The summed E-state index contributed by atoms with van der Waals surface area (Å²) in [6.07, 6.45) is 4.12. The molecule has 1 aromatic carbocycles. The fraction of sp³-hybridized carbons (Fsp3) is 0.333. The van der Waals surface area contributed by atoms with Gasteiger partial charge in [0.15, 0.2) is 0 Å². The van der Waals surface area contributed by atoms with Crippen LogP contribution in [0.4, 0.5) is 15.9 Å². The normalized spacial score (nSPS) is 10.4. The maximum Gasteiger partial charge on any atom is 0.228 e. The molecule has 4 nitrogen and oxygen atoms in total. The summed E-state index contributed by atoms with van der Waals surface area (Å²) in [6, 6.07) is 9.66. The predicted octanol–water partition coefficient (Wildman–Crippen LogP) is 3.64. The number of nitrogens with zero attached hydrogens (tertiary/aromatic N) is 2. The third-order valence-corrected chi connectivity index (χ3v) is 3.55. The minimum atomic E-state index is -0.305. The minimum absolute atomic E-state index is 0.148. The van der Waals surface area contributed by atoms with Crippen LogP contribution in [-0.4, -0.2) is 24.5 Å². The number of halogens is 1. The van der Waals surface area contributed by atoms with Gasteiger partial charge in [0, 0.05) is 13.6 Å². The van der Waals surface area contributed by atoms with Gasteiger partial charge in [-0.3, -0.25) is 4.79 Å². The lowest BCUT2D eigenvalue weighted by Crippen LogP contribution is -2.20. The van der Waals surface area contributed by atoms with E-state index in [2.05, 4.69) is 22.1 Å². The summed E-state index contributed by atoms with van der Waals surface area (Å²) in [4.78, 5) is 18.4. The lowest BCUT2D eigenvalue weighted by molar-refractivity contribution is -0.115. The average molecular weight is 315 g/mol. The molecule has 0 aliphatic rings. The molecule has 23 heavy (non-hydrogen) atoms. The van der Waals surface area contributed by atoms with Crippen LogP contribution >= 0.6 is 0 Å². The Morgan fingerprint density at radius 2 is 1.96 bits per heavy atom. The van der Waals surface area contributed by atoms with E-state index in [9.17, 15) is 9.18 Å². The maximum absolute atomic E-state index is 12.8. The van der Waals surface area contributed by atoms with Crippen LogP contribution in [0.2, 0.25) is 0 Å². The van der Waals surface area contributed by atoms with Crippen molar-refractivity contribution in [2.75, 3.05) is 23.8 Å². The van der Waals surface area contributed by atoms with Crippen LogP contribution in [-0.2, 0) is 11.2 Å². The van der Waals surface area contributed by atoms with Crippen LogP contribution in [0, 0.1) is 5.82 Å². The molecule has 0 unspecified atom stereocenters. The standard InChI is InChI=1S/C18H22FN3O/c1-3-4-11-22(2)17-10-9-16(13-20-17)21-18(23)12-14-5-7-15(19)8-6-14/h5-10,13H,3-4,11-12H2,1-2H3,(H,21,23). The van der Waals surface area contributed by atoms with Gasteiger partial charge in [0.2, 0.25) is 5.91 Å². The van der Waals surface area contributed by atoms with E-state index in [1.54, 1.807) is 18.3 Å². The molecule has 1 amide bonds. The zero-order valence-electron chi connectivity index (χ0n) is 13.6. The molecule has 0 aliphatic carbocycles. The second kappa shape index (κ2) is 8.27. The molecule has 1 N–H and O–H groups in total. The monoisotopic (exact) mass is 315 g/mol. The first-order valence-corrected chi connectivity index (χ1v) is 7.80. The van der Waals surface area contributed by atoms with Gasteiger partial charge in [-0.05, 0) is 36.2 Å². The van der Waals surface area contributed by atoms with Gasteiger partial charge in [-0.25, -0.2) is 9.37 Å². The van der Waals surface area contributed by atoms with Crippen LogP contribution in [0.1, 0.15) is 25.3 Å². The zero-order chi connectivity index (χ0) is 16.7. The Morgan fingerprint density at radius 3 is 2.57 bits per heavy atom. The van der Waals surface area contributed by atoms with E-state index < -0.39 is 0 Å². The van der Waals surface area contributed by atoms with Gasteiger partial charge >= 0.3 is 0 Å². The minimum Gasteiger partial charge on any atom is -0.360 e. The summed E-state index contributed by atoms with van der Waals surface area (Å²) in [5.41, 5.74) is 1.43. The summed E-state index contributed by atoms with van der Waals surface area (Å²) in [5.74, 6) is 0.432. The molecule has 0 saturated carbocycles. The molecule has 0 fully saturated rings. The Morgan fingerprint density at radius 1 is 1.22 bits per heavy atom. The van der Waals surface area contributed by atoms with Crippen molar-refractivity contribution in [1.29, 1.82) is 0 Å². The van der Waals surface area contributed by atoms with Crippen molar-refractivity contribution < 1.29 is 9.18 Å². The lowest BCUT2D eigenvalue weighted by Gasteiger charge is -2.17. The number of hydrogen-bond acceptors (Lipinski definition) is 3. The summed E-state index contributed by atoms with van der Waals surface area (Å²) in [7, 11) is 2.00. The Balaban J connectivity index is 1.89. The molecule has 5 heteroatoms. The van der Waals surface area contributed by atoms with Gasteiger partial charge in [0.05, 0.1) is 18.3 Å². The molecule has 1 heterocycles. The van der Waals surface area contributed by atoms with Gasteiger partial charge in [0.25, 0.3) is 0 Å². The summed E-state index contributed by atoms with van der Waals surface area (Å²) >= 11 is 0. The number of carbonyl (C=O) groups is 1. The highest BCUT2D eigenvalue weighted by atomic mass is 19.1. The largest absolute Gasteiger partial charge is 0.360 e. The first-order chi connectivity index (χ1) is 11.1. The molecule has 0 aliphatic heterocycles. The van der Waals surface area contributed by atoms with E-state index in [0.717, 1.165) is 30.8 Å². The molecule has 0 atom stereocenters. The van der Waals surface area contributed by atoms with Gasteiger partial charge < -0.3 is 10.2 Å². The molecule has 122 valence electrons. The van der Waals surface area contributed by atoms with Crippen LogP contribution in [0.5, 0.6) is 0 Å². The summed E-state index contributed by atoms with van der Waals surface area (Å²) < 4.78 is 12.8. The smallest absolute Gasteiger partial charge is 0.228 e. The Bertz CT molecular complexity index is 626. The van der Waals surface area contributed by atoms with Crippen LogP contribution < -0.4 is 10.2 Å². The molecule has 1 aromatic heterocycles. The number of nitrogens with one attached hydrogen (secondary N) is 1. The molecule has 0 bridgehead atoms. The second-order valence-electron chi connectivity index (χ2n) is 5.53. The van der Waals surface area contributed by atoms with E-state index in [1.165, 1.54) is 12.1 Å². The highest BCUT2D eigenvalue weighted by Crippen LogP contribution is 2.14. The average Bonchev–Trinajstić information content (AvgIpc) is 2.55. The van der Waals surface area contributed by atoms with Crippen molar-refractivity contribution in [1.82, 2.24) is 4.98 Å². The van der Waals surface area contributed by atoms with Crippen molar-refractivity contribution in [2.45, 2.75) is 26.2 Å². The fourth-order valence-electron chi connectivity index (χ4n) is 2.19. The zero-order valence-corrected chi connectivity index (χ0v) is 13.6. The lowest BCUT2D eigenvalue weighted by atomic mass is 10.1. The molecule has 0 radical (unpaired) electrons. The van der Waals surface area contributed by atoms with Gasteiger partial charge in [-0.2, -0.15) is 0 Å². The quantitative estimate of drug-likeness (QED) is 0.848. The van der Waals surface area contributed by atoms with Gasteiger partial charge in [-0.1, -0.05) is 25.5 Å². The second-order valence-corrected chi connectivity index (χ2v) is 5.53.